The van der Waals surface area contributed by atoms with Crippen LogP contribution in [0.15, 0.2) is 4.99 Å². The van der Waals surface area contributed by atoms with Gasteiger partial charge in [0.15, 0.2) is 0 Å². The molecule has 0 unspecified atom stereocenters. The molecule has 1 heterocycles. The number of aliphatic imine (C=N–C) groups is 1. The molecule has 1 rings (SSSR count). The Kier molecular flexibility index (Phi) is 4.08. The van der Waals surface area contributed by atoms with E-state index in [1.807, 2.05) is 0 Å². The van der Waals surface area contributed by atoms with Gasteiger partial charge in [0, 0.05) is 13.0 Å². The van der Waals surface area contributed by atoms with Gasteiger partial charge in [-0.05, 0) is 6.42 Å². The molecule has 0 saturated carbocycles. The fraction of sp³-hybridized carbons (Fsp3) is 0.889. The third-order valence-corrected chi connectivity index (χ3v) is 2.25. The number of hydrogen-bond acceptors (Lipinski definition) is 3. The van der Waals surface area contributed by atoms with E-state index in [2.05, 4.69) is 16.8 Å². The minimum Gasteiger partial charge on any atom is -0.346 e. The Morgan fingerprint density at radius 1 is 1.50 bits per heavy atom. The van der Waals surface area contributed by atoms with Gasteiger partial charge in [-0.2, -0.15) is 0 Å². The normalized spacial score (nSPS) is 16.8. The van der Waals surface area contributed by atoms with Crippen molar-refractivity contribution in [2.45, 2.75) is 32.6 Å². The van der Waals surface area contributed by atoms with Crippen molar-refractivity contribution in [3.8, 4) is 0 Å². The maximum absolute atomic E-state index is 5.57. The van der Waals surface area contributed by atoms with Gasteiger partial charge in [0.25, 0.3) is 0 Å². The van der Waals surface area contributed by atoms with Crippen LogP contribution in [0.3, 0.4) is 0 Å². The highest BCUT2D eigenvalue weighted by Crippen LogP contribution is 2.08. The second-order valence-corrected chi connectivity index (χ2v) is 3.20. The Balaban J connectivity index is 2.21. The van der Waals surface area contributed by atoms with E-state index < -0.39 is 0 Å². The van der Waals surface area contributed by atoms with Gasteiger partial charge >= 0.3 is 0 Å². The topological polar surface area (TPSA) is 41.6 Å². The number of hydrogen-bond donors (Lipinski definition) is 1. The van der Waals surface area contributed by atoms with Crippen LogP contribution in [-0.4, -0.2) is 30.5 Å². The van der Waals surface area contributed by atoms with Crippen LogP contribution in [0.5, 0.6) is 0 Å². The highest BCUT2D eigenvalue weighted by atomic mass is 15.3. The van der Waals surface area contributed by atoms with Crippen LogP contribution in [0.4, 0.5) is 0 Å². The molecule has 0 spiro atoms. The fourth-order valence-electron chi connectivity index (χ4n) is 1.50. The molecule has 0 aromatic rings. The molecule has 70 valence electrons. The smallest absolute Gasteiger partial charge is 0.100 e. The van der Waals surface area contributed by atoms with Crippen molar-refractivity contribution < 1.29 is 0 Å². The number of nitrogens with two attached hydrogens (primary N) is 1. The number of nitrogens with zero attached hydrogens (tertiary/aromatic N) is 2. The van der Waals surface area contributed by atoms with Gasteiger partial charge in [-0.1, -0.05) is 19.8 Å². The zero-order valence-corrected chi connectivity index (χ0v) is 7.92. The zero-order chi connectivity index (χ0) is 8.81. The molecule has 0 amide bonds. The van der Waals surface area contributed by atoms with Crippen LogP contribution >= 0.6 is 0 Å². The first-order chi connectivity index (χ1) is 5.88. The summed E-state index contributed by atoms with van der Waals surface area (Å²) in [5, 5.41) is 0. The largest absolute Gasteiger partial charge is 0.346 e. The van der Waals surface area contributed by atoms with Crippen molar-refractivity contribution >= 4 is 5.84 Å². The molecule has 1 aliphatic heterocycles. The predicted molar refractivity (Wildman–Crippen MR) is 52.2 cm³/mol. The summed E-state index contributed by atoms with van der Waals surface area (Å²) in [6.45, 7) is 4.82. The van der Waals surface area contributed by atoms with E-state index >= 15 is 0 Å². The van der Waals surface area contributed by atoms with Gasteiger partial charge in [0.2, 0.25) is 0 Å². The van der Waals surface area contributed by atoms with E-state index in [1.165, 1.54) is 25.1 Å². The third kappa shape index (κ3) is 2.48. The number of unbranched alkanes of at least 4 members (excludes halogenated alkanes) is 2. The van der Waals surface area contributed by atoms with Crippen LogP contribution in [0.1, 0.15) is 32.6 Å². The van der Waals surface area contributed by atoms with Crippen molar-refractivity contribution in [3.63, 3.8) is 0 Å². The van der Waals surface area contributed by atoms with Crippen molar-refractivity contribution in [1.82, 2.24) is 4.90 Å². The zero-order valence-electron chi connectivity index (χ0n) is 7.92. The maximum atomic E-state index is 5.57. The van der Waals surface area contributed by atoms with Crippen LogP contribution in [0, 0.1) is 0 Å². The summed E-state index contributed by atoms with van der Waals surface area (Å²) >= 11 is 0. The molecule has 0 fully saturated rings. The molecule has 3 heteroatoms. The van der Waals surface area contributed by atoms with E-state index in [-0.39, 0.29) is 0 Å². The van der Waals surface area contributed by atoms with Crippen LogP contribution in [0.2, 0.25) is 0 Å². The molecule has 0 aromatic heterocycles. The molecule has 0 saturated heterocycles. The number of amidine groups is 1. The second-order valence-electron chi connectivity index (χ2n) is 3.20. The third-order valence-electron chi connectivity index (χ3n) is 2.25. The van der Waals surface area contributed by atoms with Gasteiger partial charge < -0.3 is 10.6 Å². The molecular weight excluding hydrogens is 150 g/mol. The first-order valence-corrected chi connectivity index (χ1v) is 4.86. The summed E-state index contributed by atoms with van der Waals surface area (Å²) in [5.74, 6) is 1.23. The average Bonchev–Trinajstić information content (AvgIpc) is 2.52. The monoisotopic (exact) mass is 169 g/mol. The van der Waals surface area contributed by atoms with Gasteiger partial charge in [-0.25, -0.2) is 0 Å². The summed E-state index contributed by atoms with van der Waals surface area (Å²) in [6, 6.07) is 0. The van der Waals surface area contributed by atoms with Crippen LogP contribution in [0.25, 0.3) is 0 Å². The molecule has 0 aromatic carbocycles. The van der Waals surface area contributed by atoms with Crippen molar-refractivity contribution in [2.75, 3.05) is 19.8 Å². The van der Waals surface area contributed by atoms with E-state index in [4.69, 9.17) is 5.73 Å². The molecule has 3 nitrogen and oxygen atoms in total. The van der Waals surface area contributed by atoms with Gasteiger partial charge in [-0.3, -0.25) is 4.99 Å². The molecule has 0 atom stereocenters. The standard InChI is InChI=1S/C9H19N3/c1-2-3-4-5-9-11-6-7-12(9)8-10/h2-8,10H2,1H3. The average molecular weight is 169 g/mol. The Morgan fingerprint density at radius 2 is 2.33 bits per heavy atom. The summed E-state index contributed by atoms with van der Waals surface area (Å²) in [4.78, 5) is 6.60. The summed E-state index contributed by atoms with van der Waals surface area (Å²) in [6.07, 6.45) is 4.95. The quantitative estimate of drug-likeness (QED) is 0.628. The highest BCUT2D eigenvalue weighted by molar-refractivity contribution is 5.83. The number of rotatable bonds is 5. The molecular formula is C9H19N3. The summed E-state index contributed by atoms with van der Waals surface area (Å²) in [7, 11) is 0. The Morgan fingerprint density at radius 3 is 3.00 bits per heavy atom. The Bertz CT molecular complexity index is 154. The Labute approximate surface area is 74.6 Å². The highest BCUT2D eigenvalue weighted by Gasteiger charge is 2.13. The van der Waals surface area contributed by atoms with E-state index in [0.717, 1.165) is 19.5 Å². The second kappa shape index (κ2) is 5.14. The van der Waals surface area contributed by atoms with Crippen molar-refractivity contribution in [3.05, 3.63) is 0 Å². The molecule has 0 aliphatic carbocycles. The van der Waals surface area contributed by atoms with Gasteiger partial charge in [0.05, 0.1) is 13.2 Å². The SMILES string of the molecule is CCCCCC1=NCCN1CN. The van der Waals surface area contributed by atoms with Gasteiger partial charge in [-0.15, -0.1) is 0 Å². The van der Waals surface area contributed by atoms with Crippen LogP contribution < -0.4 is 5.73 Å². The van der Waals surface area contributed by atoms with Crippen molar-refractivity contribution in [1.29, 1.82) is 0 Å². The summed E-state index contributed by atoms with van der Waals surface area (Å²) in [5.41, 5.74) is 5.57. The molecule has 0 bridgehead atoms. The lowest BCUT2D eigenvalue weighted by atomic mass is 10.2. The fourth-order valence-corrected chi connectivity index (χ4v) is 1.50. The first-order valence-electron chi connectivity index (χ1n) is 4.86. The minimum atomic E-state index is 0.630. The summed E-state index contributed by atoms with van der Waals surface area (Å²) < 4.78 is 0. The lowest BCUT2D eigenvalue weighted by Crippen LogP contribution is -2.33. The minimum absolute atomic E-state index is 0.630. The first kappa shape index (κ1) is 9.52. The van der Waals surface area contributed by atoms with E-state index in [1.54, 1.807) is 0 Å². The Hall–Kier alpha value is -0.570. The van der Waals surface area contributed by atoms with Crippen molar-refractivity contribution in [2.24, 2.45) is 10.7 Å². The molecule has 2 N–H and O–H groups in total. The van der Waals surface area contributed by atoms with E-state index in [9.17, 15) is 0 Å². The van der Waals surface area contributed by atoms with E-state index in [0.29, 0.717) is 6.67 Å². The molecule has 1 aliphatic rings. The van der Waals surface area contributed by atoms with Gasteiger partial charge in [0.1, 0.15) is 5.84 Å². The maximum Gasteiger partial charge on any atom is 0.100 e. The molecule has 12 heavy (non-hydrogen) atoms. The predicted octanol–water partition coefficient (Wildman–Crippen LogP) is 1.20. The molecule has 0 radical (unpaired) electrons. The van der Waals surface area contributed by atoms with Crippen LogP contribution in [-0.2, 0) is 0 Å². The lowest BCUT2D eigenvalue weighted by Gasteiger charge is -2.17. The lowest BCUT2D eigenvalue weighted by molar-refractivity contribution is 0.460.